The molecule has 0 N–H and O–H groups in total. The monoisotopic (exact) mass is 576 g/mol. The van der Waals surface area contributed by atoms with Crippen LogP contribution in [0.1, 0.15) is 30.5 Å². The maximum absolute atomic E-state index is 5.33. The van der Waals surface area contributed by atoms with Crippen LogP contribution < -0.4 is 9.47 Å². The third-order valence-electron chi connectivity index (χ3n) is 5.20. The number of nitrogens with zero attached hydrogens (tertiary/aromatic N) is 2. The Kier molecular flexibility index (Phi) is 11.6. The van der Waals surface area contributed by atoms with E-state index in [1.54, 1.807) is 26.0 Å². The molecule has 33 heavy (non-hydrogen) atoms. The summed E-state index contributed by atoms with van der Waals surface area (Å²) in [6, 6.07) is 24.9. The summed E-state index contributed by atoms with van der Waals surface area (Å²) >= 11 is 1.78. The van der Waals surface area contributed by atoms with Gasteiger partial charge < -0.3 is 14.4 Å². The van der Waals surface area contributed by atoms with Gasteiger partial charge in [0.2, 0.25) is 0 Å². The second-order valence-electron chi connectivity index (χ2n) is 7.36. The number of hydrogen-bond acceptors (Lipinski definition) is 4. The van der Waals surface area contributed by atoms with E-state index < -0.39 is 0 Å². The summed E-state index contributed by atoms with van der Waals surface area (Å²) < 4.78 is 10.7. The van der Waals surface area contributed by atoms with E-state index in [-0.39, 0.29) is 24.0 Å². The van der Waals surface area contributed by atoms with E-state index in [2.05, 4.69) is 67.3 Å². The van der Waals surface area contributed by atoms with Gasteiger partial charge in [-0.05, 0) is 59.2 Å². The summed E-state index contributed by atoms with van der Waals surface area (Å²) in [7, 11) is 3.39. The van der Waals surface area contributed by atoms with Crippen molar-refractivity contribution in [1.29, 1.82) is 0 Å². The molecule has 176 valence electrons. The first kappa shape index (κ1) is 27.1. The van der Waals surface area contributed by atoms with E-state index in [0.29, 0.717) is 0 Å². The molecular weight excluding hydrogens is 543 g/mol. The Labute approximate surface area is 219 Å². The molecule has 0 unspecified atom stereocenters. The number of para-hydroxylation sites is 1. The number of benzene rings is 3. The van der Waals surface area contributed by atoms with Crippen LogP contribution in [0, 0.1) is 0 Å². The van der Waals surface area contributed by atoms with Gasteiger partial charge in [0.05, 0.1) is 19.9 Å². The fourth-order valence-corrected chi connectivity index (χ4v) is 4.17. The van der Waals surface area contributed by atoms with Crippen molar-refractivity contribution in [2.75, 3.05) is 20.0 Å². The molecule has 0 amide bonds. The van der Waals surface area contributed by atoms with Gasteiger partial charge in [0.1, 0.15) is 11.5 Å². The Balaban J connectivity index is 0.00000385. The van der Waals surface area contributed by atoms with Crippen molar-refractivity contribution in [3.8, 4) is 11.5 Å². The number of amidine groups is 1. The number of methoxy groups -OCH3 is 2. The molecule has 0 fully saturated rings. The van der Waals surface area contributed by atoms with E-state index in [0.717, 1.165) is 47.6 Å². The lowest BCUT2D eigenvalue weighted by Crippen LogP contribution is -2.28. The number of rotatable bonds is 9. The average molecular weight is 577 g/mol. The topological polar surface area (TPSA) is 34.1 Å². The molecule has 3 aromatic rings. The predicted octanol–water partition coefficient (Wildman–Crippen LogP) is 7.33. The second kappa shape index (κ2) is 14.2. The summed E-state index contributed by atoms with van der Waals surface area (Å²) in [5, 5.41) is 1.03. The van der Waals surface area contributed by atoms with E-state index in [4.69, 9.17) is 14.5 Å². The van der Waals surface area contributed by atoms with Gasteiger partial charge in [0.15, 0.2) is 5.17 Å². The number of aryl methyl sites for hydroxylation is 1. The normalized spacial score (nSPS) is 11.0. The number of aliphatic imine (C=N–C) groups is 1. The SMILES string of the molecule is CCSC(=Nc1ccccc1CC)N(Cc1ccc(OC)cc1)Cc1ccc(OC)cc1.I. The van der Waals surface area contributed by atoms with Gasteiger partial charge in [-0.2, -0.15) is 0 Å². The summed E-state index contributed by atoms with van der Waals surface area (Å²) in [5.41, 5.74) is 4.73. The maximum Gasteiger partial charge on any atom is 0.164 e. The molecule has 0 saturated carbocycles. The molecule has 0 aliphatic rings. The van der Waals surface area contributed by atoms with Gasteiger partial charge in [-0.1, -0.05) is 68.1 Å². The van der Waals surface area contributed by atoms with Crippen LogP contribution in [-0.2, 0) is 19.5 Å². The molecule has 4 nitrogen and oxygen atoms in total. The largest absolute Gasteiger partial charge is 0.497 e. The lowest BCUT2D eigenvalue weighted by atomic mass is 10.1. The van der Waals surface area contributed by atoms with Crippen molar-refractivity contribution in [1.82, 2.24) is 4.90 Å². The highest BCUT2D eigenvalue weighted by Crippen LogP contribution is 2.25. The summed E-state index contributed by atoms with van der Waals surface area (Å²) in [5.74, 6) is 2.68. The molecule has 0 bridgehead atoms. The fraction of sp³-hybridized carbons (Fsp3) is 0.296. The van der Waals surface area contributed by atoms with Crippen LogP contribution in [0.3, 0.4) is 0 Å². The minimum Gasteiger partial charge on any atom is -0.497 e. The third kappa shape index (κ3) is 7.96. The zero-order valence-electron chi connectivity index (χ0n) is 19.8. The molecule has 0 aliphatic carbocycles. The molecule has 3 aromatic carbocycles. The predicted molar refractivity (Wildman–Crippen MR) is 152 cm³/mol. The van der Waals surface area contributed by atoms with Crippen LogP contribution in [0.25, 0.3) is 0 Å². The lowest BCUT2D eigenvalue weighted by Gasteiger charge is -2.26. The van der Waals surface area contributed by atoms with Crippen LogP contribution >= 0.6 is 35.7 Å². The highest BCUT2D eigenvalue weighted by atomic mass is 127. The first-order chi connectivity index (χ1) is 15.7. The quantitative estimate of drug-likeness (QED) is 0.152. The summed E-state index contributed by atoms with van der Waals surface area (Å²) in [6.07, 6.45) is 0.959. The Morgan fingerprint density at radius 2 is 1.30 bits per heavy atom. The van der Waals surface area contributed by atoms with Crippen molar-refractivity contribution in [3.63, 3.8) is 0 Å². The molecule has 0 heterocycles. The highest BCUT2D eigenvalue weighted by molar-refractivity contribution is 14.0. The van der Waals surface area contributed by atoms with Crippen molar-refractivity contribution < 1.29 is 9.47 Å². The maximum atomic E-state index is 5.33. The zero-order valence-corrected chi connectivity index (χ0v) is 22.9. The summed E-state index contributed by atoms with van der Waals surface area (Å²) in [6.45, 7) is 5.87. The van der Waals surface area contributed by atoms with Crippen LogP contribution in [0.2, 0.25) is 0 Å². The Bertz CT molecular complexity index is 958. The molecule has 6 heteroatoms. The van der Waals surface area contributed by atoms with Gasteiger partial charge in [-0.15, -0.1) is 24.0 Å². The van der Waals surface area contributed by atoms with Gasteiger partial charge in [-0.3, -0.25) is 0 Å². The molecule has 0 saturated heterocycles. The second-order valence-corrected chi connectivity index (χ2v) is 8.59. The van der Waals surface area contributed by atoms with Crippen molar-refractivity contribution >= 4 is 46.6 Å². The minimum absolute atomic E-state index is 0. The highest BCUT2D eigenvalue weighted by Gasteiger charge is 2.15. The van der Waals surface area contributed by atoms with E-state index in [9.17, 15) is 0 Å². The number of thioether (sulfide) groups is 1. The molecule has 0 aromatic heterocycles. The van der Waals surface area contributed by atoms with Crippen molar-refractivity contribution in [2.24, 2.45) is 4.99 Å². The van der Waals surface area contributed by atoms with Crippen LogP contribution in [0.5, 0.6) is 11.5 Å². The Hall–Kier alpha value is -2.19. The number of halogens is 1. The minimum atomic E-state index is 0. The summed E-state index contributed by atoms with van der Waals surface area (Å²) in [4.78, 5) is 7.49. The third-order valence-corrected chi connectivity index (χ3v) is 6.09. The van der Waals surface area contributed by atoms with Crippen molar-refractivity contribution in [3.05, 3.63) is 89.5 Å². The Morgan fingerprint density at radius 3 is 1.76 bits per heavy atom. The average Bonchev–Trinajstić information content (AvgIpc) is 2.84. The van der Waals surface area contributed by atoms with Crippen LogP contribution in [0.4, 0.5) is 5.69 Å². The number of hydrogen-bond donors (Lipinski definition) is 0. The fourth-order valence-electron chi connectivity index (χ4n) is 3.44. The van der Waals surface area contributed by atoms with E-state index >= 15 is 0 Å². The molecular formula is C27H33IN2O2S. The molecule has 0 spiro atoms. The zero-order chi connectivity index (χ0) is 22.8. The van der Waals surface area contributed by atoms with Crippen LogP contribution in [0.15, 0.2) is 77.8 Å². The number of ether oxygens (including phenoxy) is 2. The van der Waals surface area contributed by atoms with E-state index in [1.807, 2.05) is 24.3 Å². The van der Waals surface area contributed by atoms with Gasteiger partial charge in [0, 0.05) is 13.1 Å². The lowest BCUT2D eigenvalue weighted by molar-refractivity contribution is 0.405. The molecule has 3 rings (SSSR count). The van der Waals surface area contributed by atoms with Gasteiger partial charge >= 0.3 is 0 Å². The molecule has 0 radical (unpaired) electrons. The first-order valence-electron chi connectivity index (χ1n) is 11.0. The molecule has 0 atom stereocenters. The van der Waals surface area contributed by atoms with Gasteiger partial charge in [0.25, 0.3) is 0 Å². The Morgan fingerprint density at radius 1 is 0.788 bits per heavy atom. The van der Waals surface area contributed by atoms with Crippen LogP contribution in [-0.4, -0.2) is 30.0 Å². The van der Waals surface area contributed by atoms with Crippen molar-refractivity contribution in [2.45, 2.75) is 33.4 Å². The van der Waals surface area contributed by atoms with Gasteiger partial charge in [-0.25, -0.2) is 4.99 Å². The smallest absolute Gasteiger partial charge is 0.164 e. The first-order valence-corrected chi connectivity index (χ1v) is 12.0. The molecule has 0 aliphatic heterocycles. The van der Waals surface area contributed by atoms with E-state index in [1.165, 1.54) is 16.7 Å². The standard InChI is InChI=1S/C27H32N2O2S.HI/c1-5-23-9-7-8-10-26(23)28-27(32-6-2)29(19-21-11-15-24(30-3)16-12-21)20-22-13-17-25(31-4)18-14-22;/h7-18H,5-6,19-20H2,1-4H3;1H.